The van der Waals surface area contributed by atoms with E-state index in [9.17, 15) is 4.79 Å². The fourth-order valence-corrected chi connectivity index (χ4v) is 1.30. The average molecular weight is 212 g/mol. The molecule has 0 aromatic carbocycles. The van der Waals surface area contributed by atoms with Crippen molar-refractivity contribution in [3.05, 3.63) is 12.2 Å². The van der Waals surface area contributed by atoms with Crippen LogP contribution in [0.15, 0.2) is 6.33 Å². The number of rotatable bonds is 6. The van der Waals surface area contributed by atoms with E-state index in [4.69, 9.17) is 5.11 Å². The lowest BCUT2D eigenvalue weighted by Gasteiger charge is -2.11. The third kappa shape index (κ3) is 3.32. The van der Waals surface area contributed by atoms with E-state index < -0.39 is 12.0 Å². The SMILES string of the molecule is CCC(NCCc1nncn1C)C(=O)O. The predicted molar refractivity (Wildman–Crippen MR) is 54.4 cm³/mol. The predicted octanol–water partition coefficient (Wildman–Crippen LogP) is -0.190. The monoisotopic (exact) mass is 212 g/mol. The summed E-state index contributed by atoms with van der Waals surface area (Å²) in [6, 6.07) is -0.474. The van der Waals surface area contributed by atoms with Gasteiger partial charge in [-0.2, -0.15) is 0 Å². The molecule has 1 aromatic heterocycles. The van der Waals surface area contributed by atoms with Gasteiger partial charge in [0.05, 0.1) is 0 Å². The quantitative estimate of drug-likeness (QED) is 0.683. The van der Waals surface area contributed by atoms with Gasteiger partial charge in [0.15, 0.2) is 0 Å². The van der Waals surface area contributed by atoms with Gasteiger partial charge in [-0.25, -0.2) is 0 Å². The molecule has 1 rings (SSSR count). The number of hydrogen-bond acceptors (Lipinski definition) is 4. The van der Waals surface area contributed by atoms with Crippen LogP contribution in [0.2, 0.25) is 0 Å². The minimum absolute atomic E-state index is 0.474. The van der Waals surface area contributed by atoms with Gasteiger partial charge in [-0.15, -0.1) is 10.2 Å². The van der Waals surface area contributed by atoms with Crippen molar-refractivity contribution in [3.63, 3.8) is 0 Å². The smallest absolute Gasteiger partial charge is 0.320 e. The van der Waals surface area contributed by atoms with Crippen molar-refractivity contribution in [3.8, 4) is 0 Å². The van der Waals surface area contributed by atoms with Crippen LogP contribution >= 0.6 is 0 Å². The molecule has 1 heterocycles. The highest BCUT2D eigenvalue weighted by molar-refractivity contribution is 5.73. The van der Waals surface area contributed by atoms with E-state index in [1.54, 1.807) is 6.33 Å². The maximum absolute atomic E-state index is 10.7. The summed E-state index contributed by atoms with van der Waals surface area (Å²) in [5.41, 5.74) is 0. The largest absolute Gasteiger partial charge is 0.480 e. The lowest BCUT2D eigenvalue weighted by Crippen LogP contribution is -2.37. The van der Waals surface area contributed by atoms with Crippen LogP contribution in [-0.4, -0.2) is 38.4 Å². The molecule has 0 aliphatic carbocycles. The first kappa shape index (κ1) is 11.6. The highest BCUT2D eigenvalue weighted by Gasteiger charge is 2.13. The molecule has 0 aliphatic heterocycles. The topological polar surface area (TPSA) is 80.0 Å². The number of hydrogen-bond donors (Lipinski definition) is 2. The number of aliphatic carboxylic acids is 1. The summed E-state index contributed by atoms with van der Waals surface area (Å²) in [5, 5.41) is 19.4. The van der Waals surface area contributed by atoms with E-state index in [0.717, 1.165) is 5.82 Å². The van der Waals surface area contributed by atoms with Gasteiger partial charge in [-0.1, -0.05) is 6.92 Å². The molecule has 6 nitrogen and oxygen atoms in total. The summed E-state index contributed by atoms with van der Waals surface area (Å²) in [4.78, 5) is 10.7. The molecule has 15 heavy (non-hydrogen) atoms. The number of nitrogens with zero attached hydrogens (tertiary/aromatic N) is 3. The highest BCUT2D eigenvalue weighted by atomic mass is 16.4. The Hall–Kier alpha value is -1.43. The molecule has 0 fully saturated rings. The zero-order chi connectivity index (χ0) is 11.3. The Kier molecular flexibility index (Phi) is 4.23. The van der Waals surface area contributed by atoms with Gasteiger partial charge in [-0.05, 0) is 6.42 Å². The maximum atomic E-state index is 10.7. The summed E-state index contributed by atoms with van der Waals surface area (Å²) < 4.78 is 1.82. The molecular weight excluding hydrogens is 196 g/mol. The van der Waals surface area contributed by atoms with E-state index in [1.807, 2.05) is 18.5 Å². The second-order valence-corrected chi connectivity index (χ2v) is 3.36. The van der Waals surface area contributed by atoms with E-state index >= 15 is 0 Å². The number of nitrogens with one attached hydrogen (secondary N) is 1. The highest BCUT2D eigenvalue weighted by Crippen LogP contribution is 1.94. The van der Waals surface area contributed by atoms with Crippen molar-refractivity contribution >= 4 is 5.97 Å². The van der Waals surface area contributed by atoms with Crippen molar-refractivity contribution < 1.29 is 9.90 Å². The molecule has 0 saturated carbocycles. The molecule has 1 atom stereocenters. The Balaban J connectivity index is 2.33. The van der Waals surface area contributed by atoms with Crippen LogP contribution in [0.3, 0.4) is 0 Å². The van der Waals surface area contributed by atoms with E-state index in [2.05, 4.69) is 15.5 Å². The molecule has 0 radical (unpaired) electrons. The van der Waals surface area contributed by atoms with Gasteiger partial charge >= 0.3 is 5.97 Å². The van der Waals surface area contributed by atoms with Crippen LogP contribution < -0.4 is 5.32 Å². The number of carboxylic acid groups (broad SMARTS) is 1. The first-order chi connectivity index (χ1) is 7.15. The van der Waals surface area contributed by atoms with Gasteiger partial charge in [0.2, 0.25) is 0 Å². The molecular formula is C9H16N4O2. The van der Waals surface area contributed by atoms with Gasteiger partial charge in [0, 0.05) is 20.0 Å². The first-order valence-electron chi connectivity index (χ1n) is 4.94. The molecule has 1 unspecified atom stereocenters. The van der Waals surface area contributed by atoms with Crippen LogP contribution in [0.25, 0.3) is 0 Å². The zero-order valence-corrected chi connectivity index (χ0v) is 8.97. The fourth-order valence-electron chi connectivity index (χ4n) is 1.30. The lowest BCUT2D eigenvalue weighted by atomic mass is 10.2. The molecule has 2 N–H and O–H groups in total. The van der Waals surface area contributed by atoms with Crippen molar-refractivity contribution in [1.82, 2.24) is 20.1 Å². The van der Waals surface area contributed by atoms with E-state index in [1.165, 1.54) is 0 Å². The van der Waals surface area contributed by atoms with Crippen molar-refractivity contribution in [2.45, 2.75) is 25.8 Å². The van der Waals surface area contributed by atoms with Crippen LogP contribution in [-0.2, 0) is 18.3 Å². The molecule has 84 valence electrons. The van der Waals surface area contributed by atoms with Crippen molar-refractivity contribution in [1.29, 1.82) is 0 Å². The average Bonchev–Trinajstić information content (AvgIpc) is 2.58. The third-order valence-electron chi connectivity index (χ3n) is 2.25. The zero-order valence-electron chi connectivity index (χ0n) is 8.97. The molecule has 0 aliphatic rings. The second-order valence-electron chi connectivity index (χ2n) is 3.36. The Morgan fingerprint density at radius 1 is 1.73 bits per heavy atom. The van der Waals surface area contributed by atoms with Gasteiger partial charge in [0.1, 0.15) is 18.2 Å². The van der Waals surface area contributed by atoms with Crippen LogP contribution in [0, 0.1) is 0 Å². The van der Waals surface area contributed by atoms with Gasteiger partial charge in [0.25, 0.3) is 0 Å². The standard InChI is InChI=1S/C9H16N4O2/c1-3-7(9(14)15)10-5-4-8-12-11-6-13(8)2/h6-7,10H,3-5H2,1-2H3,(H,14,15). The molecule has 0 saturated heterocycles. The van der Waals surface area contributed by atoms with Gasteiger partial charge in [-0.3, -0.25) is 4.79 Å². The van der Waals surface area contributed by atoms with Crippen LogP contribution in [0.4, 0.5) is 0 Å². The number of carbonyl (C=O) groups is 1. The normalized spacial score (nSPS) is 12.7. The third-order valence-corrected chi connectivity index (χ3v) is 2.25. The number of aryl methyl sites for hydroxylation is 1. The summed E-state index contributed by atoms with van der Waals surface area (Å²) in [6.45, 7) is 2.44. The minimum Gasteiger partial charge on any atom is -0.480 e. The Morgan fingerprint density at radius 2 is 2.47 bits per heavy atom. The van der Waals surface area contributed by atoms with Crippen LogP contribution in [0.5, 0.6) is 0 Å². The van der Waals surface area contributed by atoms with Gasteiger partial charge < -0.3 is 15.0 Å². The Bertz CT molecular complexity index is 324. The second kappa shape index (κ2) is 5.45. The Morgan fingerprint density at radius 3 is 2.93 bits per heavy atom. The summed E-state index contributed by atoms with van der Waals surface area (Å²) in [6.07, 6.45) is 2.89. The summed E-state index contributed by atoms with van der Waals surface area (Å²) in [5.74, 6) is 0.0400. The summed E-state index contributed by atoms with van der Waals surface area (Å²) in [7, 11) is 1.86. The lowest BCUT2D eigenvalue weighted by molar-refractivity contribution is -0.139. The Labute approximate surface area is 88.3 Å². The van der Waals surface area contributed by atoms with Crippen molar-refractivity contribution in [2.24, 2.45) is 7.05 Å². The fraction of sp³-hybridized carbons (Fsp3) is 0.667. The molecule has 0 amide bonds. The minimum atomic E-state index is -0.810. The molecule has 1 aromatic rings. The van der Waals surface area contributed by atoms with Crippen LogP contribution in [0.1, 0.15) is 19.2 Å². The van der Waals surface area contributed by atoms with E-state index in [-0.39, 0.29) is 0 Å². The maximum Gasteiger partial charge on any atom is 0.320 e. The molecule has 6 heteroatoms. The van der Waals surface area contributed by atoms with E-state index in [0.29, 0.717) is 19.4 Å². The number of carboxylic acids is 1. The number of aromatic nitrogens is 3. The molecule has 0 spiro atoms. The molecule has 0 bridgehead atoms. The summed E-state index contributed by atoms with van der Waals surface area (Å²) >= 11 is 0. The first-order valence-corrected chi connectivity index (χ1v) is 4.94. The van der Waals surface area contributed by atoms with Crippen molar-refractivity contribution in [2.75, 3.05) is 6.54 Å².